The Hall–Kier alpha value is -2.18. The van der Waals surface area contributed by atoms with E-state index in [1.54, 1.807) is 0 Å². The number of ether oxygens (including phenoxy) is 1. The first-order valence-corrected chi connectivity index (χ1v) is 26.4. The van der Waals surface area contributed by atoms with E-state index in [0.29, 0.717) is 25.9 Å². The molecule has 0 heterocycles. The fraction of sp³-hybridized carbons (Fsp3) is 0.818. The second-order valence-corrected chi connectivity index (χ2v) is 17.9. The lowest BCUT2D eigenvalue weighted by Gasteiger charge is -2.22. The van der Waals surface area contributed by atoms with Gasteiger partial charge in [-0.1, -0.05) is 210 Å². The van der Waals surface area contributed by atoms with Crippen molar-refractivity contribution in [3.63, 3.8) is 0 Å². The molecule has 0 rings (SSSR count). The van der Waals surface area contributed by atoms with E-state index >= 15 is 0 Å². The Balaban J connectivity index is 3.48. The van der Waals surface area contributed by atoms with Gasteiger partial charge in [-0.2, -0.15) is 0 Å². The summed E-state index contributed by atoms with van der Waals surface area (Å²) in [4.78, 5) is 24.4. The van der Waals surface area contributed by atoms with Crippen molar-refractivity contribution in [1.29, 1.82) is 0 Å². The van der Waals surface area contributed by atoms with Gasteiger partial charge < -0.3 is 20.3 Å². The topological polar surface area (TPSA) is 95.9 Å². The third-order valence-corrected chi connectivity index (χ3v) is 11.9. The number of hydrogen-bond acceptors (Lipinski definition) is 5. The van der Waals surface area contributed by atoms with Crippen LogP contribution in [0.15, 0.2) is 48.6 Å². The first-order chi connectivity index (χ1) is 30.0. The number of rotatable bonds is 48. The van der Waals surface area contributed by atoms with Crippen molar-refractivity contribution in [1.82, 2.24) is 5.32 Å². The first kappa shape index (κ1) is 58.8. The fourth-order valence-corrected chi connectivity index (χ4v) is 7.78. The predicted molar refractivity (Wildman–Crippen MR) is 264 cm³/mol. The van der Waals surface area contributed by atoms with E-state index in [1.807, 2.05) is 0 Å². The van der Waals surface area contributed by atoms with Gasteiger partial charge in [0, 0.05) is 12.8 Å². The maximum Gasteiger partial charge on any atom is 0.305 e. The van der Waals surface area contributed by atoms with Crippen LogP contribution in [0.4, 0.5) is 0 Å². The molecule has 6 heteroatoms. The Morgan fingerprint density at radius 3 is 1.36 bits per heavy atom. The largest absolute Gasteiger partial charge is 0.466 e. The van der Waals surface area contributed by atoms with E-state index < -0.39 is 12.1 Å². The van der Waals surface area contributed by atoms with Crippen LogP contribution >= 0.6 is 0 Å². The Morgan fingerprint density at radius 1 is 0.475 bits per heavy atom. The number of aliphatic hydroxyl groups is 2. The third kappa shape index (κ3) is 47.1. The normalized spacial score (nSPS) is 13.0. The van der Waals surface area contributed by atoms with E-state index in [1.165, 1.54) is 154 Å². The Labute approximate surface area is 378 Å². The van der Waals surface area contributed by atoms with Crippen LogP contribution in [0.1, 0.15) is 264 Å². The Kier molecular flexibility index (Phi) is 48.7. The van der Waals surface area contributed by atoms with Crippen LogP contribution in [0.25, 0.3) is 0 Å². The highest BCUT2D eigenvalue weighted by Gasteiger charge is 2.20. The number of allylic oxidation sites excluding steroid dienone is 8. The quantitative estimate of drug-likeness (QED) is 0.0245. The average Bonchev–Trinajstić information content (AvgIpc) is 3.26. The maximum absolute atomic E-state index is 12.4. The van der Waals surface area contributed by atoms with Crippen molar-refractivity contribution >= 4 is 11.9 Å². The molecule has 6 nitrogen and oxygen atoms in total. The van der Waals surface area contributed by atoms with Crippen LogP contribution in [0.5, 0.6) is 0 Å². The minimum absolute atomic E-state index is 0.0278. The summed E-state index contributed by atoms with van der Waals surface area (Å²) in [6.45, 7) is 4.85. The van der Waals surface area contributed by atoms with Crippen LogP contribution < -0.4 is 5.32 Å². The fourth-order valence-electron chi connectivity index (χ4n) is 7.78. The Bertz CT molecular complexity index is 1040. The highest BCUT2D eigenvalue weighted by molar-refractivity contribution is 5.76. The number of unbranched alkanes of at least 4 members (excludes halogenated alkanes) is 30. The van der Waals surface area contributed by atoms with Crippen LogP contribution in [0.2, 0.25) is 0 Å². The molecule has 0 saturated carbocycles. The molecule has 0 aromatic carbocycles. The zero-order valence-corrected chi connectivity index (χ0v) is 40.4. The van der Waals surface area contributed by atoms with Crippen molar-refractivity contribution in [3.8, 4) is 0 Å². The molecular weight excluding hydrogens is 755 g/mol. The smallest absolute Gasteiger partial charge is 0.305 e. The van der Waals surface area contributed by atoms with Crippen molar-refractivity contribution in [2.45, 2.75) is 276 Å². The molecular formula is C55H101NO5. The predicted octanol–water partition coefficient (Wildman–Crippen LogP) is 15.8. The van der Waals surface area contributed by atoms with E-state index in [4.69, 9.17) is 4.74 Å². The van der Waals surface area contributed by atoms with Gasteiger partial charge >= 0.3 is 5.97 Å². The molecule has 0 fully saturated rings. The van der Waals surface area contributed by atoms with E-state index in [0.717, 1.165) is 77.0 Å². The monoisotopic (exact) mass is 856 g/mol. The first-order valence-electron chi connectivity index (χ1n) is 26.4. The van der Waals surface area contributed by atoms with Gasteiger partial charge in [-0.25, -0.2) is 0 Å². The number of nitrogens with one attached hydrogen (secondary N) is 1. The zero-order chi connectivity index (χ0) is 44.4. The minimum atomic E-state index is -0.670. The molecule has 0 radical (unpaired) electrons. The lowest BCUT2D eigenvalue weighted by atomic mass is 10.0. The molecule has 2 unspecified atom stereocenters. The van der Waals surface area contributed by atoms with Gasteiger partial charge in [0.25, 0.3) is 0 Å². The van der Waals surface area contributed by atoms with Crippen molar-refractivity contribution < 1.29 is 24.5 Å². The van der Waals surface area contributed by atoms with Crippen molar-refractivity contribution in [2.75, 3.05) is 13.2 Å². The molecule has 3 N–H and O–H groups in total. The van der Waals surface area contributed by atoms with Crippen molar-refractivity contribution in [2.24, 2.45) is 0 Å². The van der Waals surface area contributed by atoms with Crippen LogP contribution in [0.3, 0.4) is 0 Å². The second-order valence-electron chi connectivity index (χ2n) is 17.9. The molecule has 0 saturated heterocycles. The van der Waals surface area contributed by atoms with Gasteiger partial charge in [0.15, 0.2) is 0 Å². The van der Waals surface area contributed by atoms with Gasteiger partial charge in [0.1, 0.15) is 0 Å². The molecule has 2 atom stereocenters. The summed E-state index contributed by atoms with van der Waals surface area (Å²) < 4.78 is 5.44. The van der Waals surface area contributed by atoms with Crippen LogP contribution in [-0.2, 0) is 14.3 Å². The van der Waals surface area contributed by atoms with E-state index in [-0.39, 0.29) is 18.5 Å². The third-order valence-electron chi connectivity index (χ3n) is 11.9. The number of hydrogen-bond donors (Lipinski definition) is 3. The van der Waals surface area contributed by atoms with Crippen LogP contribution in [0, 0.1) is 0 Å². The highest BCUT2D eigenvalue weighted by atomic mass is 16.5. The highest BCUT2D eigenvalue weighted by Crippen LogP contribution is 2.15. The number of aliphatic hydroxyl groups excluding tert-OH is 2. The van der Waals surface area contributed by atoms with Gasteiger partial charge in [-0.3, -0.25) is 9.59 Å². The number of esters is 1. The molecule has 0 aromatic heterocycles. The summed E-state index contributed by atoms with van der Waals surface area (Å²) in [5, 5.41) is 23.1. The minimum Gasteiger partial charge on any atom is -0.466 e. The molecule has 0 aliphatic heterocycles. The molecule has 0 spiro atoms. The second kappa shape index (κ2) is 50.5. The average molecular weight is 856 g/mol. The maximum atomic E-state index is 12.4. The van der Waals surface area contributed by atoms with Gasteiger partial charge in [0.05, 0.1) is 25.4 Å². The van der Waals surface area contributed by atoms with Crippen LogP contribution in [-0.4, -0.2) is 47.4 Å². The molecule has 0 aliphatic rings. The number of carbonyl (C=O) groups is 2. The lowest BCUT2D eigenvalue weighted by molar-refractivity contribution is -0.143. The molecule has 356 valence electrons. The zero-order valence-electron chi connectivity index (χ0n) is 40.4. The summed E-state index contributed by atoms with van der Waals surface area (Å²) in [5.74, 6) is -0.0768. The lowest BCUT2D eigenvalue weighted by Crippen LogP contribution is -2.45. The number of amides is 1. The van der Waals surface area contributed by atoms with Crippen molar-refractivity contribution in [3.05, 3.63) is 48.6 Å². The summed E-state index contributed by atoms with van der Waals surface area (Å²) in [7, 11) is 0. The summed E-state index contributed by atoms with van der Waals surface area (Å²) in [5.41, 5.74) is 0. The van der Waals surface area contributed by atoms with Gasteiger partial charge in [0.2, 0.25) is 5.91 Å². The SMILES string of the molecule is CCCCCC/C=C\C/C=C\CCCCCCCC(=O)OCCCCC/C=C\C=C/CCCCCCCCCCCCC(=O)NC(CO)C(O)CCCCCCCCCCC. The molecule has 0 aromatic rings. The molecule has 1 amide bonds. The Morgan fingerprint density at radius 2 is 0.869 bits per heavy atom. The summed E-state index contributed by atoms with van der Waals surface area (Å²) in [6.07, 6.45) is 62.4. The molecule has 0 bridgehead atoms. The van der Waals surface area contributed by atoms with E-state index in [2.05, 4.69) is 67.8 Å². The number of carbonyl (C=O) groups excluding carboxylic acids is 2. The summed E-state index contributed by atoms with van der Waals surface area (Å²) >= 11 is 0. The summed E-state index contributed by atoms with van der Waals surface area (Å²) in [6, 6.07) is -0.548. The van der Waals surface area contributed by atoms with Gasteiger partial charge in [-0.15, -0.1) is 0 Å². The molecule has 0 aliphatic carbocycles. The standard InChI is InChI=1S/C55H101NO5/c1-3-5-7-9-11-13-14-15-16-23-26-29-33-37-41-45-49-55(60)61-50-46-42-38-34-30-27-24-21-19-17-18-20-22-25-28-32-36-40-44-48-54(59)56-52(51-57)53(58)47-43-39-35-31-12-10-8-6-4-2/h13-14,16,21,23-24,27,30,52-53,57-58H,3-12,15,17-20,22,25-26,28-29,31-51H2,1-2H3,(H,56,59)/b14-13-,23-16-,24-21-,30-27-. The molecule has 61 heavy (non-hydrogen) atoms. The van der Waals surface area contributed by atoms with Gasteiger partial charge in [-0.05, 0) is 89.9 Å². The van der Waals surface area contributed by atoms with E-state index in [9.17, 15) is 19.8 Å².